The van der Waals surface area contributed by atoms with E-state index in [1.54, 1.807) is 20.8 Å². The Balaban J connectivity index is 2.68. The van der Waals surface area contributed by atoms with Crippen molar-refractivity contribution in [2.24, 2.45) is 0 Å². The van der Waals surface area contributed by atoms with Gasteiger partial charge in [-0.25, -0.2) is 13.1 Å². The van der Waals surface area contributed by atoms with Gasteiger partial charge in [-0.2, -0.15) is 0 Å². The largest absolute Gasteiger partial charge is 0.216 e. The highest BCUT2D eigenvalue weighted by molar-refractivity contribution is 9.08. The van der Waals surface area contributed by atoms with E-state index in [9.17, 15) is 8.42 Å². The van der Waals surface area contributed by atoms with Crippen molar-refractivity contribution < 1.29 is 8.42 Å². The molecule has 0 fully saturated rings. The number of sulfonamides is 1. The molecule has 0 amide bonds. The lowest BCUT2D eigenvalue weighted by Gasteiger charge is -2.19. The van der Waals surface area contributed by atoms with Crippen molar-refractivity contribution >= 4 is 26.0 Å². The van der Waals surface area contributed by atoms with Gasteiger partial charge in [0.15, 0.2) is 0 Å². The Morgan fingerprint density at radius 2 is 1.59 bits per heavy atom. The molecule has 0 bridgehead atoms. The number of benzene rings is 1. The third-order valence-corrected chi connectivity index (χ3v) is 5.23. The number of hydrogen-bond donors (Lipinski definition) is 1. The first kappa shape index (κ1) is 14.7. The maximum atomic E-state index is 11.8. The summed E-state index contributed by atoms with van der Waals surface area (Å²) in [4.78, 5) is 0. The summed E-state index contributed by atoms with van der Waals surface area (Å²) < 4.78 is 25.5. The quantitative estimate of drug-likeness (QED) is 0.867. The van der Waals surface area contributed by atoms with E-state index in [4.69, 9.17) is 0 Å². The lowest BCUT2D eigenvalue weighted by atomic mass is 10.2. The average molecular weight is 320 g/mol. The summed E-state index contributed by atoms with van der Waals surface area (Å²) in [5.41, 5.74) is 2.13. The fourth-order valence-corrected chi connectivity index (χ4v) is 2.30. The molecule has 0 heterocycles. The van der Waals surface area contributed by atoms with Crippen molar-refractivity contribution in [1.29, 1.82) is 0 Å². The minimum atomic E-state index is -3.27. The van der Waals surface area contributed by atoms with Crippen molar-refractivity contribution in [1.82, 2.24) is 4.72 Å². The van der Waals surface area contributed by atoms with Crippen LogP contribution in [0.1, 0.15) is 31.9 Å². The van der Waals surface area contributed by atoms with Crippen LogP contribution in [0.4, 0.5) is 0 Å². The zero-order valence-corrected chi connectivity index (χ0v) is 12.7. The second-order valence-electron chi connectivity index (χ2n) is 4.89. The maximum absolute atomic E-state index is 11.8. The van der Waals surface area contributed by atoms with Gasteiger partial charge >= 0.3 is 0 Å². The SMILES string of the molecule is CC(C)(C)S(=O)(=O)NCc1ccc(CBr)cc1. The summed E-state index contributed by atoms with van der Waals surface area (Å²) in [5.74, 6) is 0. The molecule has 1 N–H and O–H groups in total. The van der Waals surface area contributed by atoms with Gasteiger partial charge in [-0.1, -0.05) is 40.2 Å². The number of halogens is 1. The summed E-state index contributed by atoms with van der Waals surface area (Å²) in [5, 5.41) is 0.807. The van der Waals surface area contributed by atoms with E-state index < -0.39 is 14.8 Å². The Hall–Kier alpha value is -0.390. The van der Waals surface area contributed by atoms with E-state index in [0.29, 0.717) is 6.54 Å². The molecule has 0 saturated carbocycles. The smallest absolute Gasteiger partial charge is 0.212 e. The Bertz CT molecular complexity index is 460. The highest BCUT2D eigenvalue weighted by Crippen LogP contribution is 2.14. The number of hydrogen-bond acceptors (Lipinski definition) is 2. The maximum Gasteiger partial charge on any atom is 0.216 e. The number of alkyl halides is 1. The van der Waals surface area contributed by atoms with Gasteiger partial charge in [0.2, 0.25) is 10.0 Å². The molecule has 0 spiro atoms. The van der Waals surface area contributed by atoms with E-state index in [2.05, 4.69) is 20.7 Å². The predicted octanol–water partition coefficient (Wildman–Crippen LogP) is 2.80. The lowest BCUT2D eigenvalue weighted by molar-refractivity contribution is 0.544. The normalized spacial score (nSPS) is 12.7. The summed E-state index contributed by atoms with van der Waals surface area (Å²) in [6.45, 7) is 5.39. The molecule has 0 aromatic heterocycles. The van der Waals surface area contributed by atoms with Gasteiger partial charge < -0.3 is 0 Å². The lowest BCUT2D eigenvalue weighted by Crippen LogP contribution is -2.38. The monoisotopic (exact) mass is 319 g/mol. The van der Waals surface area contributed by atoms with Crippen molar-refractivity contribution in [3.63, 3.8) is 0 Å². The minimum Gasteiger partial charge on any atom is -0.212 e. The van der Waals surface area contributed by atoms with Crippen LogP contribution in [-0.2, 0) is 21.9 Å². The van der Waals surface area contributed by atoms with Crippen molar-refractivity contribution in [3.05, 3.63) is 35.4 Å². The van der Waals surface area contributed by atoms with Crippen LogP contribution in [0.25, 0.3) is 0 Å². The fraction of sp³-hybridized carbons (Fsp3) is 0.500. The van der Waals surface area contributed by atoms with Crippen LogP contribution in [0.5, 0.6) is 0 Å². The summed E-state index contributed by atoms with van der Waals surface area (Å²) in [6, 6.07) is 7.83. The first-order chi connectivity index (χ1) is 7.76. The van der Waals surface area contributed by atoms with Gasteiger partial charge in [-0.05, 0) is 31.9 Å². The van der Waals surface area contributed by atoms with Crippen molar-refractivity contribution in [2.75, 3.05) is 0 Å². The highest BCUT2D eigenvalue weighted by atomic mass is 79.9. The van der Waals surface area contributed by atoms with Crippen LogP contribution < -0.4 is 4.72 Å². The van der Waals surface area contributed by atoms with Crippen LogP contribution in [0.3, 0.4) is 0 Å². The van der Waals surface area contributed by atoms with Crippen LogP contribution in [-0.4, -0.2) is 13.2 Å². The highest BCUT2D eigenvalue weighted by Gasteiger charge is 2.28. The second-order valence-corrected chi connectivity index (χ2v) is 7.97. The van der Waals surface area contributed by atoms with E-state index in [-0.39, 0.29) is 0 Å². The van der Waals surface area contributed by atoms with Crippen LogP contribution in [0.2, 0.25) is 0 Å². The molecular formula is C12H18BrNO2S. The van der Waals surface area contributed by atoms with E-state index in [0.717, 1.165) is 10.9 Å². The molecule has 17 heavy (non-hydrogen) atoms. The van der Waals surface area contributed by atoms with Gasteiger partial charge in [0.1, 0.15) is 0 Å². The Labute approximate surface area is 112 Å². The molecule has 1 aromatic rings. The molecular weight excluding hydrogens is 302 g/mol. The number of nitrogens with one attached hydrogen (secondary N) is 1. The van der Waals surface area contributed by atoms with Crippen LogP contribution >= 0.6 is 15.9 Å². The van der Waals surface area contributed by atoms with Crippen LogP contribution in [0.15, 0.2) is 24.3 Å². The minimum absolute atomic E-state index is 0.335. The van der Waals surface area contributed by atoms with Crippen molar-refractivity contribution in [3.8, 4) is 0 Å². The third kappa shape index (κ3) is 4.08. The summed E-state index contributed by atoms with van der Waals surface area (Å²) >= 11 is 3.37. The van der Waals surface area contributed by atoms with Crippen molar-refractivity contribution in [2.45, 2.75) is 37.4 Å². The zero-order valence-electron chi connectivity index (χ0n) is 10.3. The van der Waals surface area contributed by atoms with Gasteiger partial charge in [0, 0.05) is 11.9 Å². The Kier molecular flexibility index (Phi) is 4.75. The molecule has 0 atom stereocenters. The molecule has 5 heteroatoms. The van der Waals surface area contributed by atoms with Crippen LogP contribution in [0, 0.1) is 0 Å². The van der Waals surface area contributed by atoms with Gasteiger partial charge in [-0.15, -0.1) is 0 Å². The molecule has 1 aromatic carbocycles. The second kappa shape index (κ2) is 5.50. The molecule has 1 rings (SSSR count). The molecule has 0 aliphatic heterocycles. The number of rotatable bonds is 4. The molecule has 0 aliphatic carbocycles. The molecule has 3 nitrogen and oxygen atoms in total. The Morgan fingerprint density at radius 1 is 1.12 bits per heavy atom. The molecule has 0 unspecified atom stereocenters. The summed E-state index contributed by atoms with van der Waals surface area (Å²) in [6.07, 6.45) is 0. The third-order valence-electron chi connectivity index (χ3n) is 2.45. The topological polar surface area (TPSA) is 46.2 Å². The van der Waals surface area contributed by atoms with E-state index in [1.165, 1.54) is 5.56 Å². The summed E-state index contributed by atoms with van der Waals surface area (Å²) in [7, 11) is -3.27. The zero-order chi connectivity index (χ0) is 13.1. The van der Waals surface area contributed by atoms with Gasteiger partial charge in [0.05, 0.1) is 4.75 Å². The molecule has 0 radical (unpaired) electrons. The molecule has 0 saturated heterocycles. The van der Waals surface area contributed by atoms with E-state index in [1.807, 2.05) is 24.3 Å². The standard InChI is InChI=1S/C12H18BrNO2S/c1-12(2,3)17(15,16)14-9-11-6-4-10(8-13)5-7-11/h4-7,14H,8-9H2,1-3H3. The van der Waals surface area contributed by atoms with Gasteiger partial charge in [-0.3, -0.25) is 0 Å². The fourth-order valence-electron chi connectivity index (χ4n) is 1.14. The first-order valence-electron chi connectivity index (χ1n) is 5.39. The predicted molar refractivity (Wildman–Crippen MR) is 74.6 cm³/mol. The molecule has 0 aliphatic rings. The molecule has 96 valence electrons. The Morgan fingerprint density at radius 3 is 2.00 bits per heavy atom. The first-order valence-corrected chi connectivity index (χ1v) is 8.00. The van der Waals surface area contributed by atoms with E-state index >= 15 is 0 Å². The van der Waals surface area contributed by atoms with Gasteiger partial charge in [0.25, 0.3) is 0 Å². The average Bonchev–Trinajstić information content (AvgIpc) is 2.25.